The highest BCUT2D eigenvalue weighted by Crippen LogP contribution is 2.61. The summed E-state index contributed by atoms with van der Waals surface area (Å²) in [5.41, 5.74) is 1.31. The van der Waals surface area contributed by atoms with Gasteiger partial charge in [0, 0.05) is 12.5 Å². The summed E-state index contributed by atoms with van der Waals surface area (Å²) in [6, 6.07) is 10.5. The minimum absolute atomic E-state index is 0.0573. The van der Waals surface area contributed by atoms with E-state index in [0.29, 0.717) is 23.7 Å². The minimum atomic E-state index is 0.0573. The number of hydrogen-bond donors (Lipinski definition) is 0. The van der Waals surface area contributed by atoms with Crippen molar-refractivity contribution in [2.45, 2.75) is 31.3 Å². The van der Waals surface area contributed by atoms with Crippen LogP contribution in [0.5, 0.6) is 0 Å². The molecule has 1 aromatic carbocycles. The Bertz CT molecular complexity index is 666. The maximum Gasteiger partial charge on any atom is 0.227 e. The molecule has 22 heavy (non-hydrogen) atoms. The molecule has 1 amide bonds. The van der Waals surface area contributed by atoms with E-state index in [1.807, 2.05) is 6.07 Å². The number of nitrogens with zero attached hydrogens (tertiary/aromatic N) is 1. The fraction of sp³-hybridized carbons (Fsp3) is 0.450. The second-order valence-corrected chi connectivity index (χ2v) is 7.39. The van der Waals surface area contributed by atoms with E-state index in [0.717, 1.165) is 19.4 Å². The van der Waals surface area contributed by atoms with Crippen molar-refractivity contribution in [1.82, 2.24) is 4.90 Å². The van der Waals surface area contributed by atoms with Crippen LogP contribution >= 0.6 is 0 Å². The number of likely N-dealkylation sites (tertiary alicyclic amines) is 1. The third kappa shape index (κ3) is 1.48. The lowest BCUT2D eigenvalue weighted by Gasteiger charge is -2.41. The zero-order valence-corrected chi connectivity index (χ0v) is 12.7. The molecule has 0 unspecified atom stereocenters. The highest BCUT2D eigenvalue weighted by Gasteiger charge is 2.65. The predicted molar refractivity (Wildman–Crippen MR) is 85.8 cm³/mol. The molecule has 4 aliphatic rings. The average Bonchev–Trinajstić information content (AvgIpc) is 3.30. The van der Waals surface area contributed by atoms with Gasteiger partial charge in [-0.15, -0.1) is 0 Å². The van der Waals surface area contributed by atoms with Crippen LogP contribution in [-0.2, 0) is 11.3 Å². The Morgan fingerprint density at radius 1 is 1.05 bits per heavy atom. The Morgan fingerprint density at radius 2 is 1.77 bits per heavy atom. The molecular weight excluding hydrogens is 270 g/mol. The topological polar surface area (TPSA) is 20.3 Å². The SMILES string of the molecule is O=C1[C@@H]2[C@@H]([C@H]3C=C[C@@H]2C3)C2(CC=CC2)N1Cc1ccccc1. The van der Waals surface area contributed by atoms with Crippen molar-refractivity contribution >= 4 is 5.91 Å². The number of fused-ring (bicyclic) bond motifs is 6. The van der Waals surface area contributed by atoms with Crippen LogP contribution in [0.25, 0.3) is 0 Å². The molecule has 0 radical (unpaired) electrons. The minimum Gasteiger partial charge on any atom is -0.331 e. The van der Waals surface area contributed by atoms with Crippen LogP contribution in [0.3, 0.4) is 0 Å². The van der Waals surface area contributed by atoms with Gasteiger partial charge in [0.2, 0.25) is 5.91 Å². The molecule has 1 heterocycles. The summed E-state index contributed by atoms with van der Waals surface area (Å²) in [6.45, 7) is 0.772. The monoisotopic (exact) mass is 291 g/mol. The third-order valence-corrected chi connectivity index (χ3v) is 6.46. The Labute approximate surface area is 131 Å². The van der Waals surface area contributed by atoms with Crippen molar-refractivity contribution < 1.29 is 4.79 Å². The lowest BCUT2D eigenvalue weighted by atomic mass is 9.72. The van der Waals surface area contributed by atoms with Gasteiger partial charge in [-0.3, -0.25) is 4.79 Å². The smallest absolute Gasteiger partial charge is 0.227 e. The van der Waals surface area contributed by atoms with E-state index in [2.05, 4.69) is 53.5 Å². The molecule has 2 nitrogen and oxygen atoms in total. The summed E-state index contributed by atoms with van der Waals surface area (Å²) in [6.07, 6.45) is 12.6. The maximum absolute atomic E-state index is 13.2. The number of amides is 1. The molecule has 1 aromatic rings. The zero-order valence-electron chi connectivity index (χ0n) is 12.7. The predicted octanol–water partition coefficient (Wildman–Crippen LogP) is 3.56. The molecule has 2 fully saturated rings. The molecule has 1 aliphatic heterocycles. The van der Waals surface area contributed by atoms with Gasteiger partial charge in [0.25, 0.3) is 0 Å². The first-order valence-electron chi connectivity index (χ1n) is 8.48. The van der Waals surface area contributed by atoms with Gasteiger partial charge in [0.1, 0.15) is 0 Å². The van der Waals surface area contributed by atoms with E-state index in [4.69, 9.17) is 0 Å². The van der Waals surface area contributed by atoms with Crippen LogP contribution in [0.4, 0.5) is 0 Å². The number of rotatable bonds is 2. The van der Waals surface area contributed by atoms with Crippen LogP contribution in [0.2, 0.25) is 0 Å². The third-order valence-electron chi connectivity index (χ3n) is 6.46. The van der Waals surface area contributed by atoms with Crippen LogP contribution in [-0.4, -0.2) is 16.3 Å². The first kappa shape index (κ1) is 12.7. The summed E-state index contributed by atoms with van der Waals surface area (Å²) >= 11 is 0. The first-order valence-corrected chi connectivity index (χ1v) is 8.48. The maximum atomic E-state index is 13.2. The van der Waals surface area contributed by atoms with Crippen LogP contribution in [0.15, 0.2) is 54.6 Å². The summed E-state index contributed by atoms with van der Waals surface area (Å²) in [4.78, 5) is 15.4. The molecule has 2 bridgehead atoms. The van der Waals surface area contributed by atoms with Gasteiger partial charge < -0.3 is 4.90 Å². The first-order chi connectivity index (χ1) is 10.8. The summed E-state index contributed by atoms with van der Waals surface area (Å²) in [5.74, 6) is 2.32. The van der Waals surface area contributed by atoms with Crippen molar-refractivity contribution in [3.05, 3.63) is 60.2 Å². The van der Waals surface area contributed by atoms with Gasteiger partial charge in [0.05, 0.1) is 11.5 Å². The summed E-state index contributed by atoms with van der Waals surface area (Å²) in [7, 11) is 0. The second-order valence-electron chi connectivity index (χ2n) is 7.39. The highest BCUT2D eigenvalue weighted by molar-refractivity contribution is 5.85. The molecule has 4 atom stereocenters. The van der Waals surface area contributed by atoms with Gasteiger partial charge in [-0.25, -0.2) is 0 Å². The Morgan fingerprint density at radius 3 is 2.55 bits per heavy atom. The van der Waals surface area contributed by atoms with Gasteiger partial charge >= 0.3 is 0 Å². The lowest BCUT2D eigenvalue weighted by Crippen LogP contribution is -2.48. The molecular formula is C20H21NO. The fourth-order valence-corrected chi connectivity index (χ4v) is 5.62. The summed E-state index contributed by atoms with van der Waals surface area (Å²) < 4.78 is 0. The molecule has 0 N–H and O–H groups in total. The van der Waals surface area contributed by atoms with E-state index >= 15 is 0 Å². The van der Waals surface area contributed by atoms with Crippen molar-refractivity contribution in [2.75, 3.05) is 0 Å². The van der Waals surface area contributed by atoms with Gasteiger partial charge in [-0.1, -0.05) is 54.6 Å². The molecule has 2 heteroatoms. The number of hydrogen-bond acceptors (Lipinski definition) is 1. The molecule has 3 aliphatic carbocycles. The Balaban J connectivity index is 1.55. The second kappa shape index (κ2) is 4.34. The summed E-state index contributed by atoms with van der Waals surface area (Å²) in [5, 5.41) is 0. The Kier molecular flexibility index (Phi) is 2.51. The van der Waals surface area contributed by atoms with Crippen LogP contribution in [0, 0.1) is 23.7 Å². The number of carbonyl (C=O) groups is 1. The van der Waals surface area contributed by atoms with Crippen LogP contribution in [0.1, 0.15) is 24.8 Å². The standard InChI is InChI=1S/C20H21NO/c22-19-17-15-8-9-16(12-15)18(17)20(10-4-5-11-20)21(19)13-14-6-2-1-3-7-14/h1-9,15-18H,10-13H2/t15-,16+,17+,18-/m1/s1. The number of carbonyl (C=O) groups excluding carboxylic acids is 1. The fourth-order valence-electron chi connectivity index (χ4n) is 5.62. The quantitative estimate of drug-likeness (QED) is 0.763. The van der Waals surface area contributed by atoms with E-state index < -0.39 is 0 Å². The molecule has 1 saturated carbocycles. The Hall–Kier alpha value is -1.83. The number of allylic oxidation sites excluding steroid dienone is 2. The van der Waals surface area contributed by atoms with E-state index in [9.17, 15) is 4.79 Å². The van der Waals surface area contributed by atoms with Crippen LogP contribution < -0.4 is 0 Å². The van der Waals surface area contributed by atoms with Crippen molar-refractivity contribution in [3.63, 3.8) is 0 Å². The van der Waals surface area contributed by atoms with Crippen molar-refractivity contribution in [2.24, 2.45) is 23.7 Å². The molecule has 0 aromatic heterocycles. The van der Waals surface area contributed by atoms with E-state index in [1.54, 1.807) is 0 Å². The van der Waals surface area contributed by atoms with Gasteiger partial charge in [-0.2, -0.15) is 0 Å². The highest BCUT2D eigenvalue weighted by atomic mass is 16.2. The average molecular weight is 291 g/mol. The lowest BCUT2D eigenvalue weighted by molar-refractivity contribution is -0.135. The molecule has 112 valence electrons. The van der Waals surface area contributed by atoms with E-state index in [-0.39, 0.29) is 11.5 Å². The van der Waals surface area contributed by atoms with Gasteiger partial charge in [-0.05, 0) is 36.7 Å². The largest absolute Gasteiger partial charge is 0.331 e. The molecule has 1 saturated heterocycles. The number of benzene rings is 1. The van der Waals surface area contributed by atoms with Gasteiger partial charge in [0.15, 0.2) is 0 Å². The zero-order chi connectivity index (χ0) is 14.7. The van der Waals surface area contributed by atoms with Crippen molar-refractivity contribution in [1.29, 1.82) is 0 Å². The van der Waals surface area contributed by atoms with E-state index in [1.165, 1.54) is 12.0 Å². The normalized spacial score (nSPS) is 36.7. The molecule has 5 rings (SSSR count). The van der Waals surface area contributed by atoms with Crippen molar-refractivity contribution in [3.8, 4) is 0 Å². The molecule has 1 spiro atoms.